The molecule has 0 radical (unpaired) electrons. The van der Waals surface area contributed by atoms with Crippen molar-refractivity contribution in [2.75, 3.05) is 6.54 Å². The molecule has 0 bridgehead atoms. The standard InChI is InChI=1S/C16H16FNO3/c17-11-5-3-10(4-6-11)12-8-13(12)16(20)18-9-14(19)15-2-1-7-21-15/h1-7,12-14,19H,8-9H2,(H,18,20). The second kappa shape index (κ2) is 5.69. The molecule has 110 valence electrons. The van der Waals surface area contributed by atoms with Crippen molar-refractivity contribution in [1.29, 1.82) is 0 Å². The summed E-state index contributed by atoms with van der Waals surface area (Å²) in [4.78, 5) is 12.0. The number of benzene rings is 1. The Kier molecular flexibility index (Phi) is 3.75. The molecule has 3 unspecified atom stereocenters. The number of halogens is 1. The summed E-state index contributed by atoms with van der Waals surface area (Å²) in [6.45, 7) is 0.124. The van der Waals surface area contributed by atoms with Gasteiger partial charge in [0.05, 0.1) is 12.8 Å². The molecular weight excluding hydrogens is 273 g/mol. The zero-order valence-corrected chi connectivity index (χ0v) is 11.3. The third kappa shape index (κ3) is 3.13. The van der Waals surface area contributed by atoms with Gasteiger partial charge in [0.1, 0.15) is 17.7 Å². The van der Waals surface area contributed by atoms with Gasteiger partial charge in [-0.1, -0.05) is 12.1 Å². The molecule has 1 amide bonds. The fourth-order valence-electron chi connectivity index (χ4n) is 2.47. The van der Waals surface area contributed by atoms with Crippen molar-refractivity contribution in [1.82, 2.24) is 5.32 Å². The van der Waals surface area contributed by atoms with E-state index < -0.39 is 6.10 Å². The molecule has 3 atom stereocenters. The maximum Gasteiger partial charge on any atom is 0.223 e. The number of nitrogens with one attached hydrogen (secondary N) is 1. The Morgan fingerprint density at radius 2 is 2.14 bits per heavy atom. The lowest BCUT2D eigenvalue weighted by Gasteiger charge is -2.09. The highest BCUT2D eigenvalue weighted by Crippen LogP contribution is 2.47. The maximum absolute atomic E-state index is 12.9. The van der Waals surface area contributed by atoms with Crippen molar-refractivity contribution in [3.8, 4) is 0 Å². The van der Waals surface area contributed by atoms with Crippen molar-refractivity contribution in [2.45, 2.75) is 18.4 Å². The normalized spacial score (nSPS) is 21.8. The molecule has 1 fully saturated rings. The molecule has 1 saturated carbocycles. The molecule has 1 aliphatic carbocycles. The van der Waals surface area contributed by atoms with Crippen LogP contribution >= 0.6 is 0 Å². The molecule has 1 aromatic heterocycles. The van der Waals surface area contributed by atoms with Crippen LogP contribution in [0.25, 0.3) is 0 Å². The zero-order valence-electron chi connectivity index (χ0n) is 11.3. The summed E-state index contributed by atoms with van der Waals surface area (Å²) in [5.41, 5.74) is 0.975. The monoisotopic (exact) mass is 289 g/mol. The van der Waals surface area contributed by atoms with Gasteiger partial charge in [-0.15, -0.1) is 0 Å². The van der Waals surface area contributed by atoms with Gasteiger partial charge in [-0.2, -0.15) is 0 Å². The smallest absolute Gasteiger partial charge is 0.223 e. The first-order chi connectivity index (χ1) is 10.1. The fourth-order valence-corrected chi connectivity index (χ4v) is 2.47. The topological polar surface area (TPSA) is 62.5 Å². The SMILES string of the molecule is O=C(NCC(O)c1ccco1)C1CC1c1ccc(F)cc1. The summed E-state index contributed by atoms with van der Waals surface area (Å²) in [6, 6.07) is 9.59. The van der Waals surface area contributed by atoms with Crippen molar-refractivity contribution in [3.63, 3.8) is 0 Å². The van der Waals surface area contributed by atoms with E-state index in [0.29, 0.717) is 5.76 Å². The number of carbonyl (C=O) groups excluding carboxylic acids is 1. The number of carbonyl (C=O) groups is 1. The van der Waals surface area contributed by atoms with E-state index in [1.54, 1.807) is 24.3 Å². The zero-order chi connectivity index (χ0) is 14.8. The second-order valence-electron chi connectivity index (χ2n) is 5.28. The first-order valence-corrected chi connectivity index (χ1v) is 6.90. The van der Waals surface area contributed by atoms with Crippen molar-refractivity contribution >= 4 is 5.91 Å². The quantitative estimate of drug-likeness (QED) is 0.888. The highest BCUT2D eigenvalue weighted by molar-refractivity contribution is 5.82. The summed E-state index contributed by atoms with van der Waals surface area (Å²) in [5.74, 6) is 0.115. The van der Waals surface area contributed by atoms with Crippen LogP contribution in [-0.4, -0.2) is 17.6 Å². The Hall–Kier alpha value is -2.14. The number of rotatable bonds is 5. The molecule has 1 heterocycles. The van der Waals surface area contributed by atoms with Crippen LogP contribution in [0.1, 0.15) is 29.8 Å². The first kappa shape index (κ1) is 13.8. The Balaban J connectivity index is 1.50. The van der Waals surface area contributed by atoms with Gasteiger partial charge in [0.2, 0.25) is 5.91 Å². The molecule has 4 nitrogen and oxygen atoms in total. The fraction of sp³-hybridized carbons (Fsp3) is 0.312. The van der Waals surface area contributed by atoms with E-state index >= 15 is 0 Å². The number of aliphatic hydroxyl groups excluding tert-OH is 1. The number of hydrogen-bond acceptors (Lipinski definition) is 3. The Labute approximate surface area is 121 Å². The van der Waals surface area contributed by atoms with Crippen LogP contribution < -0.4 is 5.32 Å². The summed E-state index contributed by atoms with van der Waals surface area (Å²) < 4.78 is 17.9. The van der Waals surface area contributed by atoms with E-state index in [1.807, 2.05) is 0 Å². The lowest BCUT2D eigenvalue weighted by Crippen LogP contribution is -2.29. The highest BCUT2D eigenvalue weighted by atomic mass is 19.1. The van der Waals surface area contributed by atoms with E-state index in [2.05, 4.69) is 5.32 Å². The molecule has 2 N–H and O–H groups in total. The van der Waals surface area contributed by atoms with Gasteiger partial charge >= 0.3 is 0 Å². The average Bonchev–Trinajstić information content (AvgIpc) is 3.09. The van der Waals surface area contributed by atoms with Gasteiger partial charge < -0.3 is 14.8 Å². The molecule has 0 aliphatic heterocycles. The Bertz CT molecular complexity index is 609. The predicted octanol–water partition coefficient (Wildman–Crippen LogP) is 2.37. The van der Waals surface area contributed by atoms with Crippen LogP contribution in [0.4, 0.5) is 4.39 Å². The summed E-state index contributed by atoms with van der Waals surface area (Å²) >= 11 is 0. The van der Waals surface area contributed by atoms with Gasteiger partial charge in [0.15, 0.2) is 0 Å². The van der Waals surface area contributed by atoms with E-state index in [4.69, 9.17) is 4.42 Å². The molecule has 0 saturated heterocycles. The third-order valence-electron chi connectivity index (χ3n) is 3.77. The summed E-state index contributed by atoms with van der Waals surface area (Å²) in [5, 5.41) is 12.5. The van der Waals surface area contributed by atoms with E-state index in [1.165, 1.54) is 18.4 Å². The van der Waals surface area contributed by atoms with Gasteiger partial charge in [0, 0.05) is 5.92 Å². The van der Waals surface area contributed by atoms with Crippen molar-refractivity contribution in [2.24, 2.45) is 5.92 Å². The summed E-state index contributed by atoms with van der Waals surface area (Å²) in [7, 11) is 0. The number of hydrogen-bond donors (Lipinski definition) is 2. The lowest BCUT2D eigenvalue weighted by atomic mass is 10.1. The molecule has 1 aliphatic rings. The van der Waals surface area contributed by atoms with Crippen LogP contribution in [0.5, 0.6) is 0 Å². The molecule has 21 heavy (non-hydrogen) atoms. The maximum atomic E-state index is 12.9. The Morgan fingerprint density at radius 1 is 1.38 bits per heavy atom. The molecule has 5 heteroatoms. The van der Waals surface area contributed by atoms with Crippen LogP contribution in [-0.2, 0) is 4.79 Å². The summed E-state index contributed by atoms with van der Waals surface area (Å²) in [6.07, 6.45) is 1.40. The van der Waals surface area contributed by atoms with Crippen molar-refractivity contribution < 1.29 is 18.7 Å². The minimum Gasteiger partial charge on any atom is -0.467 e. The van der Waals surface area contributed by atoms with E-state index in [9.17, 15) is 14.3 Å². The van der Waals surface area contributed by atoms with Crippen LogP contribution in [0, 0.1) is 11.7 Å². The van der Waals surface area contributed by atoms with Crippen LogP contribution in [0.3, 0.4) is 0 Å². The first-order valence-electron chi connectivity index (χ1n) is 6.90. The Morgan fingerprint density at radius 3 is 2.81 bits per heavy atom. The largest absolute Gasteiger partial charge is 0.467 e. The van der Waals surface area contributed by atoms with Crippen LogP contribution in [0.15, 0.2) is 47.1 Å². The van der Waals surface area contributed by atoms with E-state index in [-0.39, 0.29) is 30.1 Å². The van der Waals surface area contributed by atoms with Crippen LogP contribution in [0.2, 0.25) is 0 Å². The lowest BCUT2D eigenvalue weighted by molar-refractivity contribution is -0.122. The van der Waals surface area contributed by atoms with Gasteiger partial charge in [-0.25, -0.2) is 4.39 Å². The predicted molar refractivity (Wildman–Crippen MR) is 73.9 cm³/mol. The molecular formula is C16H16FNO3. The molecule has 2 aromatic rings. The van der Waals surface area contributed by atoms with Gasteiger partial charge in [0.25, 0.3) is 0 Å². The number of furan rings is 1. The highest BCUT2D eigenvalue weighted by Gasteiger charge is 2.43. The third-order valence-corrected chi connectivity index (χ3v) is 3.77. The molecule has 3 rings (SSSR count). The van der Waals surface area contributed by atoms with Gasteiger partial charge in [-0.3, -0.25) is 4.79 Å². The van der Waals surface area contributed by atoms with Crippen molar-refractivity contribution in [3.05, 3.63) is 59.8 Å². The average molecular weight is 289 g/mol. The number of aliphatic hydroxyl groups is 1. The minimum atomic E-state index is -0.841. The number of amides is 1. The van der Waals surface area contributed by atoms with Gasteiger partial charge in [-0.05, 0) is 42.2 Å². The second-order valence-corrected chi connectivity index (χ2v) is 5.28. The van der Waals surface area contributed by atoms with E-state index in [0.717, 1.165) is 12.0 Å². The minimum absolute atomic E-state index is 0.0880. The molecule has 1 aromatic carbocycles. The molecule has 0 spiro atoms.